The summed E-state index contributed by atoms with van der Waals surface area (Å²) in [5.41, 5.74) is 0.808. The molecule has 1 aromatic rings. The number of carboxylic acid groups (broad SMARTS) is 1. The Labute approximate surface area is 137 Å². The van der Waals surface area contributed by atoms with Gasteiger partial charge in [0.25, 0.3) is 0 Å². The molecule has 0 spiro atoms. The maximum Gasteiger partial charge on any atom is 0.335 e. The monoisotopic (exact) mass is 318 g/mol. The van der Waals surface area contributed by atoms with E-state index in [1.165, 1.54) is 12.8 Å². The molecule has 2 fully saturated rings. The van der Waals surface area contributed by atoms with Crippen molar-refractivity contribution in [1.82, 2.24) is 9.80 Å². The van der Waals surface area contributed by atoms with E-state index in [1.54, 1.807) is 12.1 Å². The lowest BCUT2D eigenvalue weighted by molar-refractivity contribution is -0.0519. The first-order chi connectivity index (χ1) is 11.0. The lowest BCUT2D eigenvalue weighted by atomic mass is 9.92. The van der Waals surface area contributed by atoms with Gasteiger partial charge in [-0.1, -0.05) is 12.1 Å². The predicted molar refractivity (Wildman–Crippen MR) is 88.5 cm³/mol. The van der Waals surface area contributed by atoms with Crippen LogP contribution in [-0.2, 0) is 6.54 Å². The first kappa shape index (κ1) is 16.4. The number of rotatable bonds is 5. The second kappa shape index (κ2) is 6.99. The van der Waals surface area contributed by atoms with Crippen molar-refractivity contribution in [2.45, 2.75) is 37.8 Å². The Balaban J connectivity index is 1.58. The largest absolute Gasteiger partial charge is 0.478 e. The fourth-order valence-electron chi connectivity index (χ4n) is 3.84. The van der Waals surface area contributed by atoms with Crippen LogP contribution in [0.25, 0.3) is 0 Å². The van der Waals surface area contributed by atoms with E-state index in [0.717, 1.165) is 51.1 Å². The first-order valence-electron chi connectivity index (χ1n) is 8.53. The van der Waals surface area contributed by atoms with Crippen molar-refractivity contribution >= 4 is 5.97 Å². The number of aromatic carboxylic acids is 1. The van der Waals surface area contributed by atoms with Gasteiger partial charge in [-0.25, -0.2) is 4.79 Å². The normalized spacial score (nSPS) is 26.5. The minimum Gasteiger partial charge on any atom is -0.478 e. The van der Waals surface area contributed by atoms with Crippen LogP contribution in [0.15, 0.2) is 24.3 Å². The molecule has 2 saturated heterocycles. The lowest BCUT2D eigenvalue weighted by Crippen LogP contribution is -2.53. The third-order valence-electron chi connectivity index (χ3n) is 4.96. The van der Waals surface area contributed by atoms with Crippen molar-refractivity contribution in [2.24, 2.45) is 0 Å². The van der Waals surface area contributed by atoms with Gasteiger partial charge in [0.2, 0.25) is 0 Å². The molecule has 2 N–H and O–H groups in total. The SMILES string of the molecule is O=C(O)c1ccc(CN2CCC[C@](O)(CN3CCCC3)C2)cc1. The zero-order valence-electron chi connectivity index (χ0n) is 13.6. The average molecular weight is 318 g/mol. The van der Waals surface area contributed by atoms with Crippen LogP contribution >= 0.6 is 0 Å². The van der Waals surface area contributed by atoms with E-state index in [-0.39, 0.29) is 0 Å². The predicted octanol–water partition coefficient (Wildman–Crippen LogP) is 1.81. The molecule has 1 atom stereocenters. The van der Waals surface area contributed by atoms with Crippen LogP contribution in [0.3, 0.4) is 0 Å². The van der Waals surface area contributed by atoms with E-state index in [1.807, 2.05) is 12.1 Å². The van der Waals surface area contributed by atoms with Crippen LogP contribution in [0.2, 0.25) is 0 Å². The molecule has 2 heterocycles. The number of likely N-dealkylation sites (tertiary alicyclic amines) is 2. The van der Waals surface area contributed by atoms with E-state index in [4.69, 9.17) is 5.11 Å². The summed E-state index contributed by atoms with van der Waals surface area (Å²) in [6.45, 7) is 5.45. The quantitative estimate of drug-likeness (QED) is 0.867. The van der Waals surface area contributed by atoms with E-state index in [2.05, 4.69) is 9.80 Å². The summed E-state index contributed by atoms with van der Waals surface area (Å²) < 4.78 is 0. The van der Waals surface area contributed by atoms with Gasteiger partial charge in [-0.15, -0.1) is 0 Å². The van der Waals surface area contributed by atoms with Crippen molar-refractivity contribution < 1.29 is 15.0 Å². The maximum absolute atomic E-state index is 10.9. The van der Waals surface area contributed by atoms with E-state index < -0.39 is 11.6 Å². The first-order valence-corrected chi connectivity index (χ1v) is 8.53. The second-order valence-electron chi connectivity index (χ2n) is 7.02. The topological polar surface area (TPSA) is 64.0 Å². The van der Waals surface area contributed by atoms with Crippen molar-refractivity contribution in [3.8, 4) is 0 Å². The van der Waals surface area contributed by atoms with Crippen molar-refractivity contribution in [3.05, 3.63) is 35.4 Å². The number of carbonyl (C=O) groups is 1. The molecule has 0 unspecified atom stereocenters. The van der Waals surface area contributed by atoms with Crippen LogP contribution in [-0.4, -0.2) is 64.3 Å². The smallest absolute Gasteiger partial charge is 0.335 e. The van der Waals surface area contributed by atoms with Gasteiger partial charge in [0.15, 0.2) is 0 Å². The highest BCUT2D eigenvalue weighted by molar-refractivity contribution is 5.87. The van der Waals surface area contributed by atoms with E-state index in [0.29, 0.717) is 12.1 Å². The molecular weight excluding hydrogens is 292 g/mol. The molecule has 2 aliphatic heterocycles. The Kier molecular flexibility index (Phi) is 4.99. The van der Waals surface area contributed by atoms with Crippen LogP contribution in [0.4, 0.5) is 0 Å². The Bertz CT molecular complexity index is 540. The highest BCUT2D eigenvalue weighted by atomic mass is 16.4. The summed E-state index contributed by atoms with van der Waals surface area (Å²) in [5.74, 6) is -0.894. The number of benzene rings is 1. The summed E-state index contributed by atoms with van der Waals surface area (Å²) in [6.07, 6.45) is 4.38. The van der Waals surface area contributed by atoms with Gasteiger partial charge in [-0.3, -0.25) is 4.90 Å². The number of aliphatic hydroxyl groups is 1. The summed E-state index contributed by atoms with van der Waals surface area (Å²) in [6, 6.07) is 7.05. The minimum absolute atomic E-state index is 0.318. The highest BCUT2D eigenvalue weighted by Gasteiger charge is 2.35. The fraction of sp³-hybridized carbons (Fsp3) is 0.611. The Morgan fingerprint density at radius 1 is 1.04 bits per heavy atom. The van der Waals surface area contributed by atoms with Gasteiger partial charge in [-0.2, -0.15) is 0 Å². The molecule has 5 nitrogen and oxygen atoms in total. The molecule has 0 bridgehead atoms. The molecule has 3 rings (SSSR count). The Morgan fingerprint density at radius 2 is 1.70 bits per heavy atom. The molecule has 0 radical (unpaired) electrons. The van der Waals surface area contributed by atoms with Crippen LogP contribution in [0.1, 0.15) is 41.6 Å². The number of nitrogens with zero attached hydrogens (tertiary/aromatic N) is 2. The Hall–Kier alpha value is -1.43. The van der Waals surface area contributed by atoms with Crippen molar-refractivity contribution in [3.63, 3.8) is 0 Å². The Morgan fingerprint density at radius 3 is 2.35 bits per heavy atom. The summed E-state index contributed by atoms with van der Waals surface area (Å²) in [5, 5.41) is 19.9. The number of β-amino-alcohol motifs (C(OH)–C–C–N with tert-alkyl or cyclic N) is 1. The zero-order chi connectivity index (χ0) is 16.3. The second-order valence-corrected chi connectivity index (χ2v) is 7.02. The number of piperidine rings is 1. The number of hydrogen-bond acceptors (Lipinski definition) is 4. The molecule has 0 aromatic heterocycles. The summed E-state index contributed by atoms with van der Waals surface area (Å²) in [7, 11) is 0. The van der Waals surface area contributed by atoms with Crippen molar-refractivity contribution in [1.29, 1.82) is 0 Å². The molecule has 126 valence electrons. The molecule has 0 amide bonds. The molecule has 2 aliphatic rings. The van der Waals surface area contributed by atoms with Gasteiger partial charge in [0.1, 0.15) is 0 Å². The number of carboxylic acids is 1. The summed E-state index contributed by atoms with van der Waals surface area (Å²) in [4.78, 5) is 15.6. The zero-order valence-corrected chi connectivity index (χ0v) is 13.6. The minimum atomic E-state index is -0.894. The van der Waals surface area contributed by atoms with Crippen LogP contribution in [0, 0.1) is 0 Å². The molecule has 5 heteroatoms. The van der Waals surface area contributed by atoms with Crippen molar-refractivity contribution in [2.75, 3.05) is 32.7 Å². The van der Waals surface area contributed by atoms with Gasteiger partial charge in [0, 0.05) is 19.6 Å². The summed E-state index contributed by atoms with van der Waals surface area (Å²) >= 11 is 0. The highest BCUT2D eigenvalue weighted by Crippen LogP contribution is 2.25. The third-order valence-corrected chi connectivity index (χ3v) is 4.96. The standard InChI is InChI=1S/C18H26N2O3/c21-17(22)16-6-4-15(5-7-16)12-20-11-3-8-18(23,14-20)13-19-9-1-2-10-19/h4-7,23H,1-3,8-14H2,(H,21,22)/t18-/m0/s1. The van der Waals surface area contributed by atoms with Gasteiger partial charge >= 0.3 is 5.97 Å². The van der Waals surface area contributed by atoms with E-state index >= 15 is 0 Å². The van der Waals surface area contributed by atoms with Gasteiger partial charge in [0.05, 0.1) is 11.2 Å². The molecule has 23 heavy (non-hydrogen) atoms. The van der Waals surface area contributed by atoms with Crippen LogP contribution in [0.5, 0.6) is 0 Å². The maximum atomic E-state index is 10.9. The molecule has 1 aromatic carbocycles. The third kappa shape index (κ3) is 4.31. The average Bonchev–Trinajstić information content (AvgIpc) is 3.00. The number of hydrogen-bond donors (Lipinski definition) is 2. The molecule has 0 aliphatic carbocycles. The molecule has 0 saturated carbocycles. The van der Waals surface area contributed by atoms with Gasteiger partial charge < -0.3 is 15.1 Å². The fourth-order valence-corrected chi connectivity index (χ4v) is 3.84. The lowest BCUT2D eigenvalue weighted by Gasteiger charge is -2.41. The van der Waals surface area contributed by atoms with Gasteiger partial charge in [-0.05, 0) is 63.0 Å². The van der Waals surface area contributed by atoms with E-state index in [9.17, 15) is 9.90 Å². The molecular formula is C18H26N2O3. The van der Waals surface area contributed by atoms with Crippen LogP contribution < -0.4 is 0 Å².